The second-order valence-electron chi connectivity index (χ2n) is 4.89. The molecular weight excluding hydrogens is 313 g/mol. The number of halogens is 2. The van der Waals surface area contributed by atoms with Gasteiger partial charge in [-0.2, -0.15) is 0 Å². The van der Waals surface area contributed by atoms with Gasteiger partial charge in [-0.25, -0.2) is 4.98 Å². The Bertz CT molecular complexity index is 801. The number of anilines is 1. The molecule has 0 radical (unpaired) electrons. The second-order valence-corrected chi connectivity index (χ2v) is 5.71. The Morgan fingerprint density at radius 2 is 2.00 bits per heavy atom. The number of nitrogens with zero attached hydrogens (tertiary/aromatic N) is 1. The molecule has 0 bridgehead atoms. The third-order valence-corrected chi connectivity index (χ3v) is 4.15. The molecule has 1 aromatic heterocycles. The van der Waals surface area contributed by atoms with Crippen LogP contribution in [0.5, 0.6) is 0 Å². The van der Waals surface area contributed by atoms with E-state index in [-0.39, 0.29) is 23.8 Å². The molecule has 0 saturated heterocycles. The maximum Gasteiger partial charge on any atom is 0.256 e. The van der Waals surface area contributed by atoms with Gasteiger partial charge in [0.2, 0.25) is 5.91 Å². The van der Waals surface area contributed by atoms with E-state index in [1.165, 1.54) is 0 Å². The SMILES string of the molecule is Cc1nc2c(c(=O)[nH]1)[C@@H](c1ccc(Cl)c(Cl)c1)CC(=O)N2. The molecule has 21 heavy (non-hydrogen) atoms. The molecule has 1 atom stereocenters. The van der Waals surface area contributed by atoms with Crippen LogP contribution in [0.3, 0.4) is 0 Å². The van der Waals surface area contributed by atoms with Crippen LogP contribution in [0.4, 0.5) is 5.82 Å². The van der Waals surface area contributed by atoms with Gasteiger partial charge in [-0.05, 0) is 24.6 Å². The van der Waals surface area contributed by atoms with Crippen LogP contribution in [0, 0.1) is 6.92 Å². The van der Waals surface area contributed by atoms with Crippen molar-refractivity contribution in [2.24, 2.45) is 0 Å². The van der Waals surface area contributed by atoms with Gasteiger partial charge in [0.1, 0.15) is 11.6 Å². The molecule has 1 aromatic carbocycles. The molecule has 2 heterocycles. The summed E-state index contributed by atoms with van der Waals surface area (Å²) in [5.41, 5.74) is 0.948. The zero-order valence-electron chi connectivity index (χ0n) is 11.0. The van der Waals surface area contributed by atoms with Crippen LogP contribution in [0.15, 0.2) is 23.0 Å². The first-order valence-corrected chi connectivity index (χ1v) is 7.07. The van der Waals surface area contributed by atoms with Crippen LogP contribution in [0.1, 0.15) is 29.3 Å². The number of aromatic nitrogens is 2. The Morgan fingerprint density at radius 1 is 1.24 bits per heavy atom. The van der Waals surface area contributed by atoms with Gasteiger partial charge in [0.25, 0.3) is 5.56 Å². The summed E-state index contributed by atoms with van der Waals surface area (Å²) in [5, 5.41) is 3.45. The van der Waals surface area contributed by atoms with Gasteiger partial charge >= 0.3 is 0 Å². The number of aryl methyl sites for hydroxylation is 1. The smallest absolute Gasteiger partial charge is 0.256 e. The van der Waals surface area contributed by atoms with Crippen molar-refractivity contribution >= 4 is 34.9 Å². The Morgan fingerprint density at radius 3 is 2.71 bits per heavy atom. The van der Waals surface area contributed by atoms with E-state index < -0.39 is 0 Å². The summed E-state index contributed by atoms with van der Waals surface area (Å²) in [6, 6.07) is 5.10. The Kier molecular flexibility index (Phi) is 3.47. The lowest BCUT2D eigenvalue weighted by Crippen LogP contribution is -2.31. The largest absolute Gasteiger partial charge is 0.310 e. The normalized spacial score (nSPS) is 17.3. The Labute approximate surface area is 130 Å². The summed E-state index contributed by atoms with van der Waals surface area (Å²) in [6.07, 6.45) is 0.165. The molecule has 0 spiro atoms. The Hall–Kier alpha value is -1.85. The number of amides is 1. The molecule has 2 aromatic rings. The summed E-state index contributed by atoms with van der Waals surface area (Å²) < 4.78 is 0. The summed E-state index contributed by atoms with van der Waals surface area (Å²) >= 11 is 11.9. The Balaban J connectivity index is 2.19. The van der Waals surface area contributed by atoms with Crippen molar-refractivity contribution < 1.29 is 4.79 Å². The summed E-state index contributed by atoms with van der Waals surface area (Å²) in [5.74, 6) is 0.189. The number of rotatable bonds is 1. The first kappa shape index (κ1) is 14.1. The maximum atomic E-state index is 12.2. The molecule has 1 aliphatic rings. The molecule has 5 nitrogen and oxygen atoms in total. The van der Waals surface area contributed by atoms with Gasteiger partial charge in [-0.15, -0.1) is 0 Å². The summed E-state index contributed by atoms with van der Waals surface area (Å²) in [7, 11) is 0. The molecule has 0 aliphatic carbocycles. The first-order valence-electron chi connectivity index (χ1n) is 6.31. The number of benzene rings is 1. The van der Waals surface area contributed by atoms with E-state index in [0.29, 0.717) is 27.3 Å². The fourth-order valence-corrected chi connectivity index (χ4v) is 2.80. The highest BCUT2D eigenvalue weighted by molar-refractivity contribution is 6.42. The molecule has 108 valence electrons. The van der Waals surface area contributed by atoms with E-state index >= 15 is 0 Å². The van der Waals surface area contributed by atoms with Gasteiger partial charge < -0.3 is 10.3 Å². The fourth-order valence-electron chi connectivity index (χ4n) is 2.50. The number of fused-ring (bicyclic) bond motifs is 1. The van der Waals surface area contributed by atoms with Crippen LogP contribution < -0.4 is 10.9 Å². The molecule has 7 heteroatoms. The molecule has 2 N–H and O–H groups in total. The summed E-state index contributed by atoms with van der Waals surface area (Å²) in [6.45, 7) is 1.66. The molecule has 3 rings (SSSR count). The minimum absolute atomic E-state index is 0.165. The predicted octanol–water partition coefficient (Wildman–Crippen LogP) is 2.86. The van der Waals surface area contributed by atoms with Gasteiger partial charge in [-0.3, -0.25) is 9.59 Å². The lowest BCUT2D eigenvalue weighted by atomic mass is 9.87. The minimum Gasteiger partial charge on any atom is -0.310 e. The quantitative estimate of drug-likeness (QED) is 0.847. The highest BCUT2D eigenvalue weighted by Gasteiger charge is 2.30. The van der Waals surface area contributed by atoms with Crippen LogP contribution >= 0.6 is 23.2 Å². The van der Waals surface area contributed by atoms with E-state index in [1.807, 2.05) is 0 Å². The fraction of sp³-hybridized carbons (Fsp3) is 0.214. The maximum absolute atomic E-state index is 12.2. The molecular formula is C14H11Cl2N3O2. The highest BCUT2D eigenvalue weighted by Crippen LogP contribution is 2.36. The molecule has 0 unspecified atom stereocenters. The van der Waals surface area contributed by atoms with Crippen molar-refractivity contribution in [3.8, 4) is 0 Å². The molecule has 0 saturated carbocycles. The predicted molar refractivity (Wildman–Crippen MR) is 81.1 cm³/mol. The van der Waals surface area contributed by atoms with Crippen LogP contribution in [0.25, 0.3) is 0 Å². The number of hydrogen-bond acceptors (Lipinski definition) is 3. The number of nitrogens with one attached hydrogen (secondary N) is 2. The lowest BCUT2D eigenvalue weighted by Gasteiger charge is -2.24. The van der Waals surface area contributed by atoms with Gasteiger partial charge in [-0.1, -0.05) is 29.3 Å². The first-order chi connectivity index (χ1) is 9.95. The van der Waals surface area contributed by atoms with Crippen molar-refractivity contribution in [3.63, 3.8) is 0 Å². The van der Waals surface area contributed by atoms with E-state index in [1.54, 1.807) is 25.1 Å². The van der Waals surface area contributed by atoms with Crippen LogP contribution in [-0.4, -0.2) is 15.9 Å². The zero-order chi connectivity index (χ0) is 15.1. The minimum atomic E-state index is -0.389. The van der Waals surface area contributed by atoms with Crippen molar-refractivity contribution in [2.45, 2.75) is 19.3 Å². The third kappa shape index (κ3) is 2.54. The van der Waals surface area contributed by atoms with Gasteiger partial charge in [0, 0.05) is 12.3 Å². The van der Waals surface area contributed by atoms with Crippen molar-refractivity contribution in [1.29, 1.82) is 0 Å². The van der Waals surface area contributed by atoms with E-state index in [9.17, 15) is 9.59 Å². The summed E-state index contributed by atoms with van der Waals surface area (Å²) in [4.78, 5) is 30.9. The van der Waals surface area contributed by atoms with E-state index in [0.717, 1.165) is 5.56 Å². The van der Waals surface area contributed by atoms with Gasteiger partial charge in [0.15, 0.2) is 0 Å². The van der Waals surface area contributed by atoms with E-state index in [2.05, 4.69) is 15.3 Å². The molecule has 1 aliphatic heterocycles. The number of H-pyrrole nitrogens is 1. The monoisotopic (exact) mass is 323 g/mol. The average molecular weight is 324 g/mol. The third-order valence-electron chi connectivity index (χ3n) is 3.42. The van der Waals surface area contributed by atoms with E-state index in [4.69, 9.17) is 23.2 Å². The lowest BCUT2D eigenvalue weighted by molar-refractivity contribution is -0.116. The number of carbonyl (C=O) groups excluding carboxylic acids is 1. The number of carbonyl (C=O) groups is 1. The van der Waals surface area contributed by atoms with Crippen LogP contribution in [-0.2, 0) is 4.79 Å². The van der Waals surface area contributed by atoms with Gasteiger partial charge in [0.05, 0.1) is 15.6 Å². The number of hydrogen-bond donors (Lipinski definition) is 2. The zero-order valence-corrected chi connectivity index (χ0v) is 12.5. The number of aromatic amines is 1. The van der Waals surface area contributed by atoms with Crippen molar-refractivity contribution in [2.75, 3.05) is 5.32 Å². The molecule has 0 fully saturated rings. The van der Waals surface area contributed by atoms with Crippen molar-refractivity contribution in [1.82, 2.24) is 9.97 Å². The average Bonchev–Trinajstić information content (AvgIpc) is 2.40. The second kappa shape index (κ2) is 5.16. The highest BCUT2D eigenvalue weighted by atomic mass is 35.5. The van der Waals surface area contributed by atoms with Crippen LogP contribution in [0.2, 0.25) is 10.0 Å². The van der Waals surface area contributed by atoms with Crippen molar-refractivity contribution in [3.05, 3.63) is 55.5 Å². The topological polar surface area (TPSA) is 74.8 Å². The standard InChI is InChI=1S/C14H11Cl2N3O2/c1-6-17-13-12(14(21)18-6)8(5-11(20)19-13)7-2-3-9(15)10(16)4-7/h2-4,8H,5H2,1H3,(H2,17,18,19,20,21)/t8-/m1/s1. The molecule has 1 amide bonds.